The molecule has 1 aliphatic heterocycles. The lowest BCUT2D eigenvalue weighted by atomic mass is 9.83. The summed E-state index contributed by atoms with van der Waals surface area (Å²) in [5.41, 5.74) is 0.474. The molecule has 0 radical (unpaired) electrons. The Kier molecular flexibility index (Phi) is 6.44. The molecule has 2 aliphatic rings. The second-order valence-electron chi connectivity index (χ2n) is 6.13. The minimum absolute atomic E-state index is 0.0665. The Labute approximate surface area is 141 Å². The molecule has 4 atom stereocenters. The molecular weight excluding hydrogens is 318 g/mol. The van der Waals surface area contributed by atoms with Crippen LogP contribution in [-0.2, 0) is 19.0 Å². The number of fused-ring (bicyclic) bond motifs is 1. The Morgan fingerprint density at radius 3 is 2.54 bits per heavy atom. The van der Waals surface area contributed by atoms with Crippen LogP contribution in [-0.4, -0.2) is 66.9 Å². The molecule has 0 saturated heterocycles. The van der Waals surface area contributed by atoms with E-state index >= 15 is 0 Å². The number of amides is 1. The van der Waals surface area contributed by atoms with Crippen LogP contribution in [0.5, 0.6) is 0 Å². The lowest BCUT2D eigenvalue weighted by Gasteiger charge is -2.35. The van der Waals surface area contributed by atoms with Crippen LogP contribution in [0.1, 0.15) is 19.8 Å². The maximum atomic E-state index is 12.2. The van der Waals surface area contributed by atoms with Crippen LogP contribution in [0.2, 0.25) is 0 Å². The van der Waals surface area contributed by atoms with Gasteiger partial charge in [0.2, 0.25) is 6.29 Å². The first kappa shape index (κ1) is 18.5. The van der Waals surface area contributed by atoms with E-state index in [0.29, 0.717) is 5.57 Å². The Morgan fingerprint density at radius 2 is 1.96 bits per heavy atom. The molecule has 1 saturated carbocycles. The van der Waals surface area contributed by atoms with E-state index in [9.17, 15) is 9.59 Å². The molecule has 136 valence electrons. The highest BCUT2D eigenvalue weighted by molar-refractivity contribution is 5.89. The van der Waals surface area contributed by atoms with Gasteiger partial charge in [0.15, 0.2) is 0 Å². The number of aliphatic hydroxyl groups is 2. The van der Waals surface area contributed by atoms with Crippen molar-refractivity contribution in [3.05, 3.63) is 11.8 Å². The van der Waals surface area contributed by atoms with Gasteiger partial charge in [-0.2, -0.15) is 0 Å². The minimum atomic E-state index is -0.798. The van der Waals surface area contributed by atoms with Crippen molar-refractivity contribution < 1.29 is 34.0 Å². The Hall–Kier alpha value is -1.80. The summed E-state index contributed by atoms with van der Waals surface area (Å²) < 4.78 is 15.8. The van der Waals surface area contributed by atoms with Crippen molar-refractivity contribution in [2.45, 2.75) is 26.1 Å². The third-order valence-corrected chi connectivity index (χ3v) is 4.73. The fraction of sp³-hybridized carbons (Fsp3) is 0.750. The Morgan fingerprint density at radius 1 is 1.29 bits per heavy atom. The topological polar surface area (TPSA) is 106 Å². The first-order chi connectivity index (χ1) is 11.5. The van der Waals surface area contributed by atoms with Crippen LogP contribution in [0.25, 0.3) is 0 Å². The lowest BCUT2D eigenvalue weighted by Crippen LogP contribution is -2.43. The number of esters is 1. The smallest absolute Gasteiger partial charge is 0.413 e. The normalized spacial score (nSPS) is 28.4. The van der Waals surface area contributed by atoms with Crippen LogP contribution >= 0.6 is 0 Å². The van der Waals surface area contributed by atoms with Gasteiger partial charge in [0.25, 0.3) is 0 Å². The first-order valence-corrected chi connectivity index (χ1v) is 8.14. The number of nitrogens with zero attached hydrogens (tertiary/aromatic N) is 1. The molecule has 0 bridgehead atoms. The molecule has 0 aromatic heterocycles. The molecule has 8 heteroatoms. The highest BCUT2D eigenvalue weighted by Gasteiger charge is 2.48. The van der Waals surface area contributed by atoms with Crippen molar-refractivity contribution in [1.29, 1.82) is 0 Å². The van der Waals surface area contributed by atoms with E-state index in [4.69, 9.17) is 24.4 Å². The molecular formula is C16H25NO7. The van der Waals surface area contributed by atoms with Gasteiger partial charge >= 0.3 is 12.1 Å². The predicted octanol–water partition coefficient (Wildman–Crippen LogP) is 0.485. The quantitative estimate of drug-likeness (QED) is 0.676. The maximum absolute atomic E-state index is 12.2. The molecule has 0 aromatic carbocycles. The third kappa shape index (κ3) is 3.81. The largest absolute Gasteiger partial charge is 0.466 e. The maximum Gasteiger partial charge on any atom is 0.413 e. The summed E-state index contributed by atoms with van der Waals surface area (Å²) >= 11 is 0. The van der Waals surface area contributed by atoms with Gasteiger partial charge in [0.1, 0.15) is 0 Å². The predicted molar refractivity (Wildman–Crippen MR) is 82.6 cm³/mol. The molecule has 0 spiro atoms. The average Bonchev–Trinajstić information content (AvgIpc) is 2.96. The van der Waals surface area contributed by atoms with Crippen LogP contribution in [0.4, 0.5) is 4.79 Å². The zero-order valence-electron chi connectivity index (χ0n) is 14.0. The summed E-state index contributed by atoms with van der Waals surface area (Å²) in [7, 11) is 1.32. The van der Waals surface area contributed by atoms with Gasteiger partial charge in [-0.15, -0.1) is 0 Å². The van der Waals surface area contributed by atoms with Crippen molar-refractivity contribution in [3.8, 4) is 0 Å². The monoisotopic (exact) mass is 343 g/mol. The number of hydrogen-bond acceptors (Lipinski definition) is 7. The second kappa shape index (κ2) is 8.34. The highest BCUT2D eigenvalue weighted by Crippen LogP contribution is 2.46. The fourth-order valence-electron chi connectivity index (χ4n) is 3.50. The van der Waals surface area contributed by atoms with Gasteiger partial charge in [0, 0.05) is 24.9 Å². The van der Waals surface area contributed by atoms with Gasteiger partial charge < -0.3 is 29.3 Å². The number of hydrogen-bond donors (Lipinski definition) is 2. The second-order valence-corrected chi connectivity index (χ2v) is 6.13. The van der Waals surface area contributed by atoms with Crippen LogP contribution in [0.3, 0.4) is 0 Å². The van der Waals surface area contributed by atoms with E-state index in [1.165, 1.54) is 18.3 Å². The zero-order chi connectivity index (χ0) is 17.7. The van der Waals surface area contributed by atoms with E-state index in [1.807, 2.05) is 6.92 Å². The molecule has 1 heterocycles. The molecule has 1 amide bonds. The molecule has 2 N–H and O–H groups in total. The molecule has 1 fully saturated rings. The third-order valence-electron chi connectivity index (χ3n) is 4.73. The molecule has 4 unspecified atom stereocenters. The summed E-state index contributed by atoms with van der Waals surface area (Å²) in [6, 6.07) is 0. The fourth-order valence-corrected chi connectivity index (χ4v) is 3.50. The molecule has 24 heavy (non-hydrogen) atoms. The minimum Gasteiger partial charge on any atom is -0.466 e. The zero-order valence-corrected chi connectivity index (χ0v) is 14.0. The standard InChI is InChI=1S/C16H25NO7/c1-10-3-4-11-12(14(20)22-2)9-23-15(13(10)11)24-16(21)17(5-7-18)6-8-19/h9-11,13,15,18-19H,3-8H2,1-2H3. The molecule has 1 aliphatic carbocycles. The van der Waals surface area contributed by atoms with Gasteiger partial charge in [0.05, 0.1) is 32.2 Å². The van der Waals surface area contributed by atoms with Gasteiger partial charge in [-0.3, -0.25) is 0 Å². The SMILES string of the molecule is COC(=O)C1=COC(OC(=O)N(CCO)CCO)C2C(C)CCC12. The lowest BCUT2D eigenvalue weighted by molar-refractivity contribution is -0.147. The molecule has 8 nitrogen and oxygen atoms in total. The number of aliphatic hydroxyl groups excluding tert-OH is 2. The summed E-state index contributed by atoms with van der Waals surface area (Å²) in [5, 5.41) is 18.0. The Bertz CT molecular complexity index is 487. The summed E-state index contributed by atoms with van der Waals surface area (Å²) in [5.74, 6) is -0.391. The molecule has 2 rings (SSSR count). The van der Waals surface area contributed by atoms with Gasteiger partial charge in [-0.05, 0) is 18.8 Å². The van der Waals surface area contributed by atoms with Gasteiger partial charge in [-0.1, -0.05) is 6.92 Å². The van der Waals surface area contributed by atoms with Crippen molar-refractivity contribution in [1.82, 2.24) is 4.90 Å². The highest BCUT2D eigenvalue weighted by atomic mass is 16.7. The van der Waals surface area contributed by atoms with Crippen LogP contribution in [0.15, 0.2) is 11.8 Å². The molecule has 0 aromatic rings. The van der Waals surface area contributed by atoms with E-state index in [-0.39, 0.29) is 44.1 Å². The number of methoxy groups -OCH3 is 1. The van der Waals surface area contributed by atoms with Crippen LogP contribution < -0.4 is 0 Å². The summed E-state index contributed by atoms with van der Waals surface area (Å²) in [6.45, 7) is 1.72. The van der Waals surface area contributed by atoms with Crippen molar-refractivity contribution >= 4 is 12.1 Å². The summed E-state index contributed by atoms with van der Waals surface area (Å²) in [4.78, 5) is 25.3. The first-order valence-electron chi connectivity index (χ1n) is 8.14. The van der Waals surface area contributed by atoms with E-state index in [2.05, 4.69) is 0 Å². The van der Waals surface area contributed by atoms with E-state index < -0.39 is 18.4 Å². The number of carbonyl (C=O) groups excluding carboxylic acids is 2. The van der Waals surface area contributed by atoms with E-state index in [1.54, 1.807) is 0 Å². The average molecular weight is 343 g/mol. The number of ether oxygens (including phenoxy) is 3. The van der Waals surface area contributed by atoms with E-state index in [0.717, 1.165) is 12.8 Å². The van der Waals surface area contributed by atoms with Gasteiger partial charge in [-0.25, -0.2) is 9.59 Å². The summed E-state index contributed by atoms with van der Waals surface area (Å²) in [6.07, 6.45) is 1.58. The van der Waals surface area contributed by atoms with Crippen molar-refractivity contribution in [2.75, 3.05) is 33.4 Å². The number of rotatable bonds is 6. The van der Waals surface area contributed by atoms with Crippen molar-refractivity contribution in [3.63, 3.8) is 0 Å². The number of carbonyl (C=O) groups is 2. The van der Waals surface area contributed by atoms with Crippen LogP contribution in [0, 0.1) is 17.8 Å². The van der Waals surface area contributed by atoms with Crippen molar-refractivity contribution in [2.24, 2.45) is 17.8 Å². The Balaban J connectivity index is 2.11.